The van der Waals surface area contributed by atoms with Gasteiger partial charge in [0.2, 0.25) is 5.91 Å². The first kappa shape index (κ1) is 19.7. The number of ether oxygens (including phenoxy) is 2. The number of aryl methyl sites for hydroxylation is 1. The lowest BCUT2D eigenvalue weighted by Crippen LogP contribution is -2.42. The smallest absolute Gasteiger partial charge is 0.223 e. The second-order valence-corrected chi connectivity index (χ2v) is 8.26. The minimum absolute atomic E-state index is 0.138. The zero-order valence-corrected chi connectivity index (χ0v) is 18.0. The third-order valence-electron chi connectivity index (χ3n) is 6.56. The molecule has 0 spiro atoms. The Labute approximate surface area is 182 Å². The first-order chi connectivity index (χ1) is 15.2. The van der Waals surface area contributed by atoms with Gasteiger partial charge in [0.1, 0.15) is 11.5 Å². The number of benzene rings is 2. The topological polar surface area (TPSA) is 56.6 Å². The summed E-state index contributed by atoms with van der Waals surface area (Å²) in [4.78, 5) is 15.3. The molecule has 2 aromatic carbocycles. The number of carbonyl (C=O) groups is 1. The predicted octanol–water partition coefficient (Wildman–Crippen LogP) is 4.11. The van der Waals surface area contributed by atoms with Crippen molar-refractivity contribution in [2.75, 3.05) is 14.2 Å². The summed E-state index contributed by atoms with van der Waals surface area (Å²) in [6, 6.07) is 16.3. The highest BCUT2D eigenvalue weighted by Crippen LogP contribution is 2.44. The van der Waals surface area contributed by atoms with Gasteiger partial charge in [0.15, 0.2) is 0 Å². The molecule has 2 aliphatic heterocycles. The van der Waals surface area contributed by atoms with Crippen LogP contribution in [-0.2, 0) is 17.6 Å². The molecule has 1 aromatic heterocycles. The van der Waals surface area contributed by atoms with Gasteiger partial charge in [0, 0.05) is 24.4 Å². The molecule has 3 aromatic rings. The van der Waals surface area contributed by atoms with E-state index in [1.807, 2.05) is 53.3 Å². The van der Waals surface area contributed by atoms with Crippen molar-refractivity contribution in [3.05, 3.63) is 71.5 Å². The number of hydrogen-bond donors (Lipinski definition) is 0. The van der Waals surface area contributed by atoms with E-state index in [0.29, 0.717) is 6.42 Å². The first-order valence-corrected chi connectivity index (χ1v) is 10.8. The summed E-state index contributed by atoms with van der Waals surface area (Å²) in [7, 11) is 3.34. The van der Waals surface area contributed by atoms with Crippen LogP contribution in [0.25, 0.3) is 5.69 Å². The van der Waals surface area contributed by atoms with Gasteiger partial charge in [-0.25, -0.2) is 4.68 Å². The van der Waals surface area contributed by atoms with Gasteiger partial charge < -0.3 is 14.4 Å². The van der Waals surface area contributed by atoms with E-state index < -0.39 is 0 Å². The Hall–Kier alpha value is -3.28. The summed E-state index contributed by atoms with van der Waals surface area (Å²) in [5, 5.41) is 4.67. The maximum absolute atomic E-state index is 13.2. The standard InChI is InChI=1S/C25H27N3O3/c1-30-20-10-7-18(8-11-20)28-24-15-19-9-12-23(22(24)16-26-28)27(19)25(29)13-6-17-4-3-5-21(14-17)31-2/h3-5,7-8,10-11,14,16,19,23H,6,9,12-13,15H2,1-2H3/t19-,23+/m1/s1. The Morgan fingerprint density at radius 2 is 1.87 bits per heavy atom. The molecule has 6 nitrogen and oxygen atoms in total. The Morgan fingerprint density at radius 1 is 1.06 bits per heavy atom. The zero-order chi connectivity index (χ0) is 21.4. The third-order valence-corrected chi connectivity index (χ3v) is 6.56. The minimum atomic E-state index is 0.138. The average Bonchev–Trinajstić information content (AvgIpc) is 3.38. The summed E-state index contributed by atoms with van der Waals surface area (Å²) in [6.45, 7) is 0. The van der Waals surface area contributed by atoms with Crippen LogP contribution in [0.15, 0.2) is 54.7 Å². The lowest BCUT2D eigenvalue weighted by atomic mass is 9.98. The number of nitrogens with zero attached hydrogens (tertiary/aromatic N) is 3. The molecule has 3 heterocycles. The van der Waals surface area contributed by atoms with E-state index in [9.17, 15) is 4.79 Å². The number of fused-ring (bicyclic) bond motifs is 4. The summed E-state index contributed by atoms with van der Waals surface area (Å²) in [6.07, 6.45) is 6.10. The highest BCUT2D eigenvalue weighted by Gasteiger charge is 2.44. The van der Waals surface area contributed by atoms with Crippen LogP contribution in [0, 0.1) is 0 Å². The van der Waals surface area contributed by atoms with Crippen molar-refractivity contribution in [3.63, 3.8) is 0 Å². The summed E-state index contributed by atoms with van der Waals surface area (Å²) >= 11 is 0. The lowest BCUT2D eigenvalue weighted by Gasteiger charge is -2.35. The Balaban J connectivity index is 1.34. The van der Waals surface area contributed by atoms with Crippen molar-refractivity contribution in [1.29, 1.82) is 0 Å². The van der Waals surface area contributed by atoms with Gasteiger partial charge in [0.05, 0.1) is 37.8 Å². The molecule has 2 aliphatic rings. The number of aromatic nitrogens is 2. The molecule has 2 atom stereocenters. The molecule has 0 saturated carbocycles. The van der Waals surface area contributed by atoms with Crippen LogP contribution in [0.1, 0.15) is 42.1 Å². The fourth-order valence-corrected chi connectivity index (χ4v) is 5.01. The fraction of sp³-hybridized carbons (Fsp3) is 0.360. The van der Waals surface area contributed by atoms with Crippen molar-refractivity contribution >= 4 is 5.91 Å². The molecule has 0 N–H and O–H groups in total. The van der Waals surface area contributed by atoms with E-state index in [4.69, 9.17) is 9.47 Å². The molecule has 0 radical (unpaired) electrons. The van der Waals surface area contributed by atoms with Crippen LogP contribution in [0.2, 0.25) is 0 Å². The third kappa shape index (κ3) is 3.56. The zero-order valence-electron chi connectivity index (χ0n) is 18.0. The molecule has 0 aliphatic carbocycles. The van der Waals surface area contributed by atoms with Crippen LogP contribution in [0.4, 0.5) is 0 Å². The maximum Gasteiger partial charge on any atom is 0.223 e. The Bertz CT molecular complexity index is 1090. The van der Waals surface area contributed by atoms with E-state index >= 15 is 0 Å². The van der Waals surface area contributed by atoms with Gasteiger partial charge in [-0.2, -0.15) is 5.10 Å². The molecule has 31 heavy (non-hydrogen) atoms. The number of amides is 1. The van der Waals surface area contributed by atoms with Crippen LogP contribution in [-0.4, -0.2) is 40.8 Å². The molecular weight excluding hydrogens is 390 g/mol. The van der Waals surface area contributed by atoms with Crippen molar-refractivity contribution in [2.45, 2.75) is 44.2 Å². The molecular formula is C25H27N3O3. The molecule has 2 bridgehead atoms. The summed E-state index contributed by atoms with van der Waals surface area (Å²) < 4.78 is 12.6. The van der Waals surface area contributed by atoms with Crippen LogP contribution >= 0.6 is 0 Å². The van der Waals surface area contributed by atoms with Crippen molar-refractivity contribution in [3.8, 4) is 17.2 Å². The average molecular weight is 418 g/mol. The highest BCUT2D eigenvalue weighted by molar-refractivity contribution is 5.78. The maximum atomic E-state index is 13.2. The van der Waals surface area contributed by atoms with Gasteiger partial charge >= 0.3 is 0 Å². The number of rotatable bonds is 6. The van der Waals surface area contributed by atoms with Gasteiger partial charge in [0.25, 0.3) is 0 Å². The second kappa shape index (κ2) is 8.10. The van der Waals surface area contributed by atoms with Crippen molar-refractivity contribution in [1.82, 2.24) is 14.7 Å². The first-order valence-electron chi connectivity index (χ1n) is 10.8. The van der Waals surface area contributed by atoms with Crippen LogP contribution < -0.4 is 9.47 Å². The summed E-state index contributed by atoms with van der Waals surface area (Å²) in [5.74, 6) is 1.90. The summed E-state index contributed by atoms with van der Waals surface area (Å²) in [5.41, 5.74) is 4.58. The monoisotopic (exact) mass is 417 g/mol. The quantitative estimate of drug-likeness (QED) is 0.606. The second-order valence-electron chi connectivity index (χ2n) is 8.26. The van der Waals surface area contributed by atoms with Gasteiger partial charge in [-0.3, -0.25) is 4.79 Å². The van der Waals surface area contributed by atoms with Gasteiger partial charge in [-0.05, 0) is 61.2 Å². The normalized spacial score (nSPS) is 19.2. The Morgan fingerprint density at radius 3 is 2.65 bits per heavy atom. The molecule has 0 unspecified atom stereocenters. The van der Waals surface area contributed by atoms with Crippen LogP contribution in [0.5, 0.6) is 11.5 Å². The van der Waals surface area contributed by atoms with Gasteiger partial charge in [-0.1, -0.05) is 12.1 Å². The molecule has 160 valence electrons. The van der Waals surface area contributed by atoms with Crippen molar-refractivity contribution in [2.24, 2.45) is 0 Å². The minimum Gasteiger partial charge on any atom is -0.497 e. The number of carbonyl (C=O) groups excluding carboxylic acids is 1. The fourth-order valence-electron chi connectivity index (χ4n) is 5.01. The van der Waals surface area contributed by atoms with E-state index in [1.165, 1.54) is 11.3 Å². The molecule has 1 amide bonds. The van der Waals surface area contributed by atoms with Crippen molar-refractivity contribution < 1.29 is 14.3 Å². The molecule has 1 fully saturated rings. The lowest BCUT2D eigenvalue weighted by molar-refractivity contribution is -0.134. The molecule has 6 heteroatoms. The van der Waals surface area contributed by atoms with Crippen LogP contribution in [0.3, 0.4) is 0 Å². The highest BCUT2D eigenvalue weighted by atomic mass is 16.5. The largest absolute Gasteiger partial charge is 0.497 e. The predicted molar refractivity (Wildman–Crippen MR) is 118 cm³/mol. The Kier molecular flexibility index (Phi) is 5.14. The van der Waals surface area contributed by atoms with E-state index in [2.05, 4.69) is 16.1 Å². The molecule has 5 rings (SSSR count). The van der Waals surface area contributed by atoms with Gasteiger partial charge in [-0.15, -0.1) is 0 Å². The number of methoxy groups -OCH3 is 2. The number of hydrogen-bond acceptors (Lipinski definition) is 4. The molecule has 1 saturated heterocycles. The van der Waals surface area contributed by atoms with E-state index in [1.54, 1.807) is 14.2 Å². The van der Waals surface area contributed by atoms with E-state index in [0.717, 1.165) is 48.4 Å². The van der Waals surface area contributed by atoms with E-state index in [-0.39, 0.29) is 18.0 Å². The SMILES string of the molecule is COc1ccc(-n2ncc3c2C[C@H]2CC[C@@H]3N2C(=O)CCc2cccc(OC)c2)cc1.